The lowest BCUT2D eigenvalue weighted by molar-refractivity contribution is -0.0380. The summed E-state index contributed by atoms with van der Waals surface area (Å²) in [5.74, 6) is 0.130. The van der Waals surface area contributed by atoms with Crippen molar-refractivity contribution >= 4 is 50.3 Å². The third-order valence-electron chi connectivity index (χ3n) is 4.84. The first-order valence-electron chi connectivity index (χ1n) is 8.70. The zero-order chi connectivity index (χ0) is 19.5. The van der Waals surface area contributed by atoms with Crippen LogP contribution in [0.3, 0.4) is 0 Å². The van der Waals surface area contributed by atoms with Crippen LogP contribution in [0.4, 0.5) is 15.0 Å². The summed E-state index contributed by atoms with van der Waals surface area (Å²) in [5.41, 5.74) is -0.301. The van der Waals surface area contributed by atoms with Gasteiger partial charge in [-0.25, -0.2) is 19.2 Å². The molecule has 0 saturated carbocycles. The van der Waals surface area contributed by atoms with Crippen molar-refractivity contribution in [3.05, 3.63) is 27.7 Å². The van der Waals surface area contributed by atoms with Crippen LogP contribution in [0.1, 0.15) is 27.2 Å². The van der Waals surface area contributed by atoms with E-state index in [2.05, 4.69) is 30.8 Å². The molecule has 0 radical (unpaired) electrons. The maximum absolute atomic E-state index is 14.5. The summed E-state index contributed by atoms with van der Waals surface area (Å²) < 4.78 is 20.2. The van der Waals surface area contributed by atoms with Crippen molar-refractivity contribution in [1.82, 2.24) is 14.9 Å². The minimum atomic E-state index is -0.523. The molecule has 3 aliphatic rings. The molecule has 5 rings (SSSR count). The predicted molar refractivity (Wildman–Crippen MR) is 105 cm³/mol. The molecule has 27 heavy (non-hydrogen) atoms. The first-order chi connectivity index (χ1) is 12.7. The molecule has 2 aromatic rings. The Labute approximate surface area is 169 Å². The van der Waals surface area contributed by atoms with Gasteiger partial charge in [-0.2, -0.15) is 0 Å². The van der Waals surface area contributed by atoms with Gasteiger partial charge in [0.25, 0.3) is 0 Å². The number of hydrogen-bond acceptors (Lipinski definition) is 5. The highest BCUT2D eigenvalue weighted by molar-refractivity contribution is 9.10. The summed E-state index contributed by atoms with van der Waals surface area (Å²) in [5, 5.41) is 0.835. The van der Waals surface area contributed by atoms with Crippen molar-refractivity contribution in [2.75, 3.05) is 18.0 Å². The van der Waals surface area contributed by atoms with Crippen molar-refractivity contribution < 1.29 is 13.9 Å². The number of carbonyl (C=O) groups is 1. The molecule has 1 aromatic carbocycles. The highest BCUT2D eigenvalue weighted by atomic mass is 79.9. The number of piperidine rings is 1. The number of benzene rings is 1. The first kappa shape index (κ1) is 18.7. The minimum Gasteiger partial charge on any atom is -0.444 e. The maximum Gasteiger partial charge on any atom is 0.410 e. The average Bonchev–Trinajstić information content (AvgIpc) is 2.57. The molecule has 2 atom stereocenters. The number of amides is 1. The van der Waals surface area contributed by atoms with Gasteiger partial charge in [-0.3, -0.25) is 4.90 Å². The summed E-state index contributed by atoms with van der Waals surface area (Å²) in [6.45, 7) is 6.79. The van der Waals surface area contributed by atoms with Gasteiger partial charge in [-0.05, 0) is 49.2 Å². The third kappa shape index (κ3) is 3.23. The molecule has 2 unspecified atom stereocenters. The highest BCUT2D eigenvalue weighted by Gasteiger charge is 2.49. The van der Waals surface area contributed by atoms with Crippen LogP contribution in [0.2, 0.25) is 5.02 Å². The van der Waals surface area contributed by atoms with Crippen LogP contribution in [0.5, 0.6) is 0 Å². The van der Waals surface area contributed by atoms with E-state index in [-0.39, 0.29) is 33.2 Å². The van der Waals surface area contributed by atoms with Crippen LogP contribution in [0.25, 0.3) is 10.9 Å². The fourth-order valence-electron chi connectivity index (χ4n) is 3.74. The van der Waals surface area contributed by atoms with E-state index in [1.807, 2.05) is 20.8 Å². The fourth-order valence-corrected chi connectivity index (χ4v) is 4.23. The first-order valence-corrected chi connectivity index (χ1v) is 9.87. The number of rotatable bonds is 1. The van der Waals surface area contributed by atoms with Crippen LogP contribution in [0, 0.1) is 5.82 Å². The van der Waals surface area contributed by atoms with Crippen molar-refractivity contribution in [1.29, 1.82) is 0 Å². The maximum atomic E-state index is 14.5. The lowest BCUT2D eigenvalue weighted by Gasteiger charge is -2.56. The van der Waals surface area contributed by atoms with Crippen LogP contribution in [-0.4, -0.2) is 51.7 Å². The summed E-state index contributed by atoms with van der Waals surface area (Å²) in [6.07, 6.45) is 2.00. The van der Waals surface area contributed by atoms with Gasteiger partial charge in [0.15, 0.2) is 5.82 Å². The van der Waals surface area contributed by atoms with Gasteiger partial charge in [-0.1, -0.05) is 11.6 Å². The summed E-state index contributed by atoms with van der Waals surface area (Å²) in [7, 11) is 0. The van der Waals surface area contributed by atoms with Gasteiger partial charge in [-0.15, -0.1) is 0 Å². The van der Waals surface area contributed by atoms with E-state index in [1.165, 1.54) is 6.33 Å². The number of carbonyl (C=O) groups excluding carboxylic acids is 1. The number of hydrogen-bond donors (Lipinski definition) is 0. The number of ether oxygens (including phenoxy) is 1. The molecule has 3 fully saturated rings. The van der Waals surface area contributed by atoms with Gasteiger partial charge in [0.05, 0.1) is 21.6 Å². The Hall–Kier alpha value is -1.67. The molecule has 144 valence electrons. The molecule has 3 aliphatic heterocycles. The Morgan fingerprint density at radius 1 is 1.33 bits per heavy atom. The second-order valence-corrected chi connectivity index (χ2v) is 9.12. The molecule has 0 aliphatic carbocycles. The van der Waals surface area contributed by atoms with E-state index in [4.69, 9.17) is 16.3 Å². The predicted octanol–water partition coefficient (Wildman–Crippen LogP) is 4.38. The van der Waals surface area contributed by atoms with Gasteiger partial charge in [0.1, 0.15) is 23.3 Å². The van der Waals surface area contributed by atoms with Gasteiger partial charge in [0.2, 0.25) is 0 Å². The lowest BCUT2D eigenvalue weighted by atomic mass is 9.88. The van der Waals surface area contributed by atoms with Crippen LogP contribution < -0.4 is 4.90 Å². The Bertz CT molecular complexity index is 924. The Kier molecular flexibility index (Phi) is 4.46. The van der Waals surface area contributed by atoms with Crippen molar-refractivity contribution in [2.24, 2.45) is 0 Å². The van der Waals surface area contributed by atoms with Crippen molar-refractivity contribution in [3.63, 3.8) is 0 Å². The molecule has 9 heteroatoms. The van der Waals surface area contributed by atoms with E-state index < -0.39 is 11.4 Å². The zero-order valence-electron chi connectivity index (χ0n) is 15.2. The number of fused-ring (bicyclic) bond motifs is 3. The largest absolute Gasteiger partial charge is 0.444 e. The molecule has 2 bridgehead atoms. The molecule has 4 heterocycles. The summed E-state index contributed by atoms with van der Waals surface area (Å²) >= 11 is 9.28. The molecule has 1 amide bonds. The molecular formula is C18H19BrClFN4O2. The lowest BCUT2D eigenvalue weighted by Crippen LogP contribution is -2.70. The standard InChI is InChI=1S/C18H19BrClFN4O2/c1-18(2,3)27-17(26)25-9-4-10(25)7-24(6-9)16-11-5-12(20)13(19)14(21)15(11)22-8-23-16/h5,8-10H,4,6-7H2,1-3H3. The summed E-state index contributed by atoms with van der Waals surface area (Å²) in [6, 6.07) is 1.78. The van der Waals surface area contributed by atoms with Crippen LogP contribution in [-0.2, 0) is 4.74 Å². The van der Waals surface area contributed by atoms with E-state index in [0.29, 0.717) is 24.3 Å². The molecular weight excluding hydrogens is 439 g/mol. The normalized spacial score (nSPS) is 22.0. The quantitative estimate of drug-likeness (QED) is 0.595. The Morgan fingerprint density at radius 3 is 2.63 bits per heavy atom. The molecule has 1 aromatic heterocycles. The average molecular weight is 458 g/mol. The molecule has 0 spiro atoms. The van der Waals surface area contributed by atoms with Crippen molar-refractivity contribution in [2.45, 2.75) is 44.9 Å². The van der Waals surface area contributed by atoms with Gasteiger partial charge in [0, 0.05) is 18.5 Å². The number of piperazine rings is 1. The van der Waals surface area contributed by atoms with E-state index in [1.54, 1.807) is 11.0 Å². The number of aromatic nitrogens is 2. The molecule has 0 N–H and O–H groups in total. The van der Waals surface area contributed by atoms with Crippen LogP contribution in [0.15, 0.2) is 16.9 Å². The second kappa shape index (κ2) is 6.44. The molecule has 3 saturated heterocycles. The SMILES string of the molecule is CC(C)(C)OC(=O)N1C2CC1CN(c1ncnc3c(F)c(Br)c(Cl)cc13)C2. The monoisotopic (exact) mass is 456 g/mol. The number of nitrogens with zero attached hydrogens (tertiary/aromatic N) is 4. The van der Waals surface area contributed by atoms with E-state index in [0.717, 1.165) is 6.42 Å². The van der Waals surface area contributed by atoms with Gasteiger partial charge < -0.3 is 9.64 Å². The van der Waals surface area contributed by atoms with Crippen molar-refractivity contribution in [3.8, 4) is 0 Å². The fraction of sp³-hybridized carbons (Fsp3) is 0.500. The zero-order valence-corrected chi connectivity index (χ0v) is 17.5. The van der Waals surface area contributed by atoms with Gasteiger partial charge >= 0.3 is 6.09 Å². The molecule has 6 nitrogen and oxygen atoms in total. The number of halogens is 3. The smallest absolute Gasteiger partial charge is 0.410 e. The highest BCUT2D eigenvalue weighted by Crippen LogP contribution is 2.39. The second-order valence-electron chi connectivity index (χ2n) is 7.92. The number of anilines is 1. The van der Waals surface area contributed by atoms with Crippen LogP contribution >= 0.6 is 27.5 Å². The summed E-state index contributed by atoms with van der Waals surface area (Å²) in [4.78, 5) is 24.7. The third-order valence-corrected chi connectivity index (χ3v) is 6.14. The van der Waals surface area contributed by atoms with E-state index in [9.17, 15) is 9.18 Å². The Balaban J connectivity index is 1.60. The minimum absolute atomic E-state index is 0.0550. The topological polar surface area (TPSA) is 58.6 Å². The van der Waals surface area contributed by atoms with E-state index >= 15 is 0 Å². The Morgan fingerprint density at radius 2 is 2.00 bits per heavy atom.